The Morgan fingerprint density at radius 1 is 1.08 bits per heavy atom. The van der Waals surface area contributed by atoms with Crippen LogP contribution in [0.15, 0.2) is 24.3 Å². The third kappa shape index (κ3) is 5.32. The van der Waals surface area contributed by atoms with Crippen molar-refractivity contribution in [3.8, 4) is 17.3 Å². The molecule has 2 bridgehead atoms. The number of ether oxygens (including phenoxy) is 1. The van der Waals surface area contributed by atoms with E-state index in [9.17, 15) is 22.0 Å². The molecule has 0 amide bonds. The number of aryl methyl sites for hydroxylation is 1. The van der Waals surface area contributed by atoms with Gasteiger partial charge in [0.05, 0.1) is 33.3 Å². The first-order valence-electron chi connectivity index (χ1n) is 16.6. The third-order valence-electron chi connectivity index (χ3n) is 11.1. The molecule has 272 valence electrons. The van der Waals surface area contributed by atoms with Crippen LogP contribution in [0.5, 0.6) is 6.01 Å². The van der Waals surface area contributed by atoms with Gasteiger partial charge in [0.2, 0.25) is 0 Å². The Morgan fingerprint density at radius 3 is 2.53 bits per heavy atom. The fourth-order valence-electron chi connectivity index (χ4n) is 9.07. The number of nitrogens with zero attached hydrogens (tertiary/aromatic N) is 5. The van der Waals surface area contributed by atoms with Gasteiger partial charge in [-0.2, -0.15) is 45.1 Å². The largest absolute Gasteiger partial charge is 0.461 e. The molecule has 0 saturated carbocycles. The molecule has 0 unspecified atom stereocenters. The SMILES string of the molecule is C=C1C[C@@H]2[C@@H]3CC[C@H](CN2c2nc(OC[C@@]45CCCN4CC(=C(F)F)C5)nc4c(F)c(-c5nc(N)cc(C)c5C(F)(F)F)c(C(F)(F)F)c1c24)N3. The molecule has 4 saturated heterocycles. The van der Waals surface area contributed by atoms with Crippen molar-refractivity contribution in [2.45, 2.75) is 81.5 Å². The normalized spacial score (nSPS) is 26.2. The van der Waals surface area contributed by atoms with E-state index in [2.05, 4.69) is 26.8 Å². The number of halogens is 9. The van der Waals surface area contributed by atoms with Gasteiger partial charge in [-0.3, -0.25) is 4.90 Å². The molecule has 3 aromatic rings. The number of aromatic nitrogens is 3. The Labute approximate surface area is 285 Å². The highest BCUT2D eigenvalue weighted by atomic mass is 19.4. The molecular formula is C34H32F9N7O. The quantitative estimate of drug-likeness (QED) is 0.272. The van der Waals surface area contributed by atoms with Crippen LogP contribution in [0.4, 0.5) is 51.1 Å². The standard InChI is InChI=1S/C34H32F9N7O/c1-14-8-19-18-5-4-17(45-18)12-50(19)30-22-21(14)25(34(41,42)43)23(27-24(33(38,39)40)15(2)9-20(44)46-27)26(35)28(22)47-31(48-30)51-13-32-6-3-7-49(32)11-16(10-32)29(36)37/h9,17-19,45H,1,3-8,10-13H2,2H3,(H2,44,46)/t17-,18+,19-,32+/m1/s1. The number of nitrogens with one attached hydrogen (secondary N) is 1. The molecule has 2 aromatic heterocycles. The average Bonchev–Trinajstić information content (AvgIpc) is 3.70. The second kappa shape index (κ2) is 11.4. The smallest absolute Gasteiger partial charge is 0.418 e. The summed E-state index contributed by atoms with van der Waals surface area (Å²) >= 11 is 0. The van der Waals surface area contributed by atoms with E-state index in [1.165, 1.54) is 0 Å². The van der Waals surface area contributed by atoms with Crippen LogP contribution in [0.25, 0.3) is 27.7 Å². The van der Waals surface area contributed by atoms with Crippen molar-refractivity contribution < 1.29 is 44.3 Å². The summed E-state index contributed by atoms with van der Waals surface area (Å²) in [6.07, 6.45) is -9.78. The number of piperazine rings is 1. The lowest BCUT2D eigenvalue weighted by atomic mass is 9.86. The van der Waals surface area contributed by atoms with Crippen molar-refractivity contribution in [3.63, 3.8) is 0 Å². The molecule has 5 aliphatic heterocycles. The summed E-state index contributed by atoms with van der Waals surface area (Å²) in [4.78, 5) is 16.1. The predicted molar refractivity (Wildman–Crippen MR) is 170 cm³/mol. The molecule has 4 fully saturated rings. The van der Waals surface area contributed by atoms with Crippen LogP contribution in [0.2, 0.25) is 0 Å². The third-order valence-corrected chi connectivity index (χ3v) is 11.1. The van der Waals surface area contributed by atoms with Crippen molar-refractivity contribution in [2.24, 2.45) is 0 Å². The maximum Gasteiger partial charge on any atom is 0.418 e. The molecule has 7 heterocycles. The minimum atomic E-state index is -5.40. The number of alkyl halides is 6. The van der Waals surface area contributed by atoms with E-state index < -0.39 is 86.7 Å². The molecule has 0 spiro atoms. The van der Waals surface area contributed by atoms with Crippen LogP contribution < -0.4 is 20.7 Å². The number of anilines is 2. The monoisotopic (exact) mass is 725 g/mol. The molecule has 0 aliphatic carbocycles. The van der Waals surface area contributed by atoms with E-state index in [0.29, 0.717) is 32.4 Å². The lowest BCUT2D eigenvalue weighted by molar-refractivity contribution is -0.140. The van der Waals surface area contributed by atoms with E-state index in [1.54, 1.807) is 4.90 Å². The topological polar surface area (TPSA) is 92.4 Å². The van der Waals surface area contributed by atoms with Crippen LogP contribution in [0.3, 0.4) is 0 Å². The Kier molecular flexibility index (Phi) is 7.62. The fourth-order valence-corrected chi connectivity index (χ4v) is 9.07. The summed E-state index contributed by atoms with van der Waals surface area (Å²) in [5, 5.41) is 3.11. The summed E-state index contributed by atoms with van der Waals surface area (Å²) in [6.45, 7) is 5.66. The van der Waals surface area contributed by atoms with Gasteiger partial charge in [0.15, 0.2) is 5.82 Å². The molecule has 1 aromatic carbocycles. The van der Waals surface area contributed by atoms with Gasteiger partial charge in [-0.15, -0.1) is 0 Å². The van der Waals surface area contributed by atoms with Crippen LogP contribution in [0.1, 0.15) is 60.8 Å². The van der Waals surface area contributed by atoms with Gasteiger partial charge < -0.3 is 20.7 Å². The molecule has 8 nitrogen and oxygen atoms in total. The van der Waals surface area contributed by atoms with E-state index in [-0.39, 0.29) is 60.4 Å². The summed E-state index contributed by atoms with van der Waals surface area (Å²) < 4.78 is 140. The number of fused-ring (bicyclic) bond motifs is 6. The molecule has 51 heavy (non-hydrogen) atoms. The van der Waals surface area contributed by atoms with Crippen molar-refractivity contribution >= 4 is 28.1 Å². The molecule has 5 aliphatic rings. The molecule has 3 N–H and O–H groups in total. The molecule has 8 rings (SSSR count). The van der Waals surface area contributed by atoms with Gasteiger partial charge in [0.25, 0.3) is 6.08 Å². The van der Waals surface area contributed by atoms with Gasteiger partial charge in [-0.05, 0) is 69.2 Å². The number of nitrogen functional groups attached to an aromatic ring is 1. The highest BCUT2D eigenvalue weighted by Crippen LogP contribution is 2.53. The first-order valence-corrected chi connectivity index (χ1v) is 16.6. The zero-order chi connectivity index (χ0) is 36.4. The van der Waals surface area contributed by atoms with Gasteiger partial charge in [0, 0.05) is 42.4 Å². The molecule has 4 atom stereocenters. The van der Waals surface area contributed by atoms with Gasteiger partial charge in [-0.1, -0.05) is 6.58 Å². The first kappa shape index (κ1) is 34.0. The minimum Gasteiger partial charge on any atom is -0.461 e. The van der Waals surface area contributed by atoms with Gasteiger partial charge >= 0.3 is 18.4 Å². The highest BCUT2D eigenvalue weighted by molar-refractivity contribution is 6.05. The Bertz CT molecular complexity index is 2030. The maximum atomic E-state index is 17.2. The van der Waals surface area contributed by atoms with Crippen molar-refractivity contribution in [3.05, 3.63) is 52.4 Å². The Morgan fingerprint density at radius 2 is 1.82 bits per heavy atom. The number of nitrogens with two attached hydrogens (primary N) is 1. The number of hydrogen-bond acceptors (Lipinski definition) is 8. The van der Waals surface area contributed by atoms with Crippen molar-refractivity contribution in [1.82, 2.24) is 25.2 Å². The highest BCUT2D eigenvalue weighted by Gasteiger charge is 2.51. The summed E-state index contributed by atoms with van der Waals surface area (Å²) in [7, 11) is 0. The predicted octanol–water partition coefficient (Wildman–Crippen LogP) is 7.25. The second-order valence-corrected chi connectivity index (χ2v) is 14.2. The van der Waals surface area contributed by atoms with Crippen LogP contribution in [-0.4, -0.2) is 69.8 Å². The Hall–Kier alpha value is -4.12. The second-order valence-electron chi connectivity index (χ2n) is 14.2. The van der Waals surface area contributed by atoms with Crippen molar-refractivity contribution in [1.29, 1.82) is 0 Å². The summed E-state index contributed by atoms with van der Waals surface area (Å²) in [6, 6.07) is -0.330. The number of hydrogen-bond donors (Lipinski definition) is 2. The van der Waals surface area contributed by atoms with E-state index in [0.717, 1.165) is 19.4 Å². The molecule has 0 radical (unpaired) electrons. The average molecular weight is 726 g/mol. The summed E-state index contributed by atoms with van der Waals surface area (Å²) in [5.41, 5.74) is -3.12. The van der Waals surface area contributed by atoms with Gasteiger partial charge in [0.1, 0.15) is 23.8 Å². The van der Waals surface area contributed by atoms with Crippen molar-refractivity contribution in [2.75, 3.05) is 36.9 Å². The lowest BCUT2D eigenvalue weighted by Gasteiger charge is -2.41. The van der Waals surface area contributed by atoms with Crippen LogP contribution >= 0.6 is 0 Å². The minimum absolute atomic E-state index is 0.0110. The van der Waals surface area contributed by atoms with Crippen LogP contribution in [-0.2, 0) is 12.4 Å². The number of benzene rings is 1. The van der Waals surface area contributed by atoms with E-state index in [1.807, 2.05) is 4.90 Å². The Balaban J connectivity index is 1.40. The molecule has 17 heteroatoms. The van der Waals surface area contributed by atoms with E-state index >= 15 is 17.6 Å². The zero-order valence-corrected chi connectivity index (χ0v) is 27.2. The first-order chi connectivity index (χ1) is 24.0. The molecular weight excluding hydrogens is 693 g/mol. The lowest BCUT2D eigenvalue weighted by Crippen LogP contribution is -2.58. The summed E-state index contributed by atoms with van der Waals surface area (Å²) in [5.74, 6) is -2.33. The van der Waals surface area contributed by atoms with Crippen LogP contribution in [0, 0.1) is 12.7 Å². The maximum absolute atomic E-state index is 17.2. The number of pyridine rings is 1. The van der Waals surface area contributed by atoms with Gasteiger partial charge in [-0.25, -0.2) is 9.37 Å². The number of rotatable bonds is 4. The van der Waals surface area contributed by atoms with E-state index in [4.69, 9.17) is 10.5 Å². The fraction of sp³-hybridized carbons (Fsp3) is 0.500. The zero-order valence-electron chi connectivity index (χ0n) is 27.2.